The first-order valence-electron chi connectivity index (χ1n) is 8.90. The van der Waals surface area contributed by atoms with Crippen molar-refractivity contribution in [2.75, 3.05) is 33.5 Å². The van der Waals surface area contributed by atoms with Crippen molar-refractivity contribution in [1.82, 2.24) is 0 Å². The Morgan fingerprint density at radius 3 is 2.76 bits per heavy atom. The lowest BCUT2D eigenvalue weighted by Crippen LogP contribution is -2.33. The third kappa shape index (κ3) is 5.57. The summed E-state index contributed by atoms with van der Waals surface area (Å²) in [7, 11) is 1.27. The first kappa shape index (κ1) is 22.4. The number of carbonyl (C=O) groups excluding carboxylic acids is 2. The van der Waals surface area contributed by atoms with Crippen LogP contribution < -0.4 is 0 Å². The number of halogens is 1. The van der Waals surface area contributed by atoms with Crippen molar-refractivity contribution in [3.8, 4) is 0 Å². The van der Waals surface area contributed by atoms with Crippen molar-refractivity contribution in [3.63, 3.8) is 0 Å². The number of benzene rings is 1. The van der Waals surface area contributed by atoms with Gasteiger partial charge in [-0.1, -0.05) is 34.9 Å². The number of ether oxygens (including phenoxy) is 3. The maximum Gasteiger partial charge on any atom is 0.336 e. The van der Waals surface area contributed by atoms with E-state index in [-0.39, 0.29) is 31.9 Å². The highest BCUT2D eigenvalue weighted by molar-refractivity contribution is 6.31. The van der Waals surface area contributed by atoms with Crippen LogP contribution >= 0.6 is 11.6 Å². The predicted octanol–water partition coefficient (Wildman–Crippen LogP) is 3.44. The molecule has 10 heteroatoms. The van der Waals surface area contributed by atoms with E-state index in [0.29, 0.717) is 16.3 Å². The lowest BCUT2D eigenvalue weighted by atomic mass is 9.78. The maximum absolute atomic E-state index is 12.8. The summed E-state index contributed by atoms with van der Waals surface area (Å²) in [6.45, 7) is 2.09. The van der Waals surface area contributed by atoms with Gasteiger partial charge in [-0.3, -0.25) is 9.79 Å². The van der Waals surface area contributed by atoms with Crippen LogP contribution in [0.4, 0.5) is 0 Å². The molecule has 0 saturated carbocycles. The summed E-state index contributed by atoms with van der Waals surface area (Å²) in [6.07, 6.45) is 1.43. The Balaban J connectivity index is 2.50. The van der Waals surface area contributed by atoms with Gasteiger partial charge < -0.3 is 14.2 Å². The van der Waals surface area contributed by atoms with Gasteiger partial charge in [-0.2, -0.15) is 0 Å². The summed E-state index contributed by atoms with van der Waals surface area (Å²) in [5.74, 6) is -2.77. The zero-order valence-electron chi connectivity index (χ0n) is 16.1. The highest BCUT2D eigenvalue weighted by atomic mass is 35.5. The second kappa shape index (κ2) is 11.2. The smallest absolute Gasteiger partial charge is 0.336 e. The molecule has 0 amide bonds. The standard InChI is InChI=1S/C19H21ClN4O5/c1-3-29-19(26)17-15(11-28-9-8-23-24-21)22-10-13(18(25)27-2)16(17)12-6-4-5-7-14(12)20/h4-7,10,13,16H,3,8-9,11H2,1-2H3/t13?,16-/m0/s1. The SMILES string of the molecule is CCOC(=O)C1=C(COCCN=[N+]=[N-])N=CC(C(=O)OC)[C@@H]1c1ccccc1Cl. The zero-order chi connectivity index (χ0) is 21.2. The van der Waals surface area contributed by atoms with Crippen molar-refractivity contribution in [3.05, 3.63) is 56.6 Å². The van der Waals surface area contributed by atoms with Gasteiger partial charge >= 0.3 is 11.9 Å². The fraction of sp³-hybridized carbons (Fsp3) is 0.421. The molecule has 1 aromatic rings. The number of carbonyl (C=O) groups is 2. The van der Waals surface area contributed by atoms with Gasteiger partial charge in [0.05, 0.1) is 38.2 Å². The average molecular weight is 421 g/mol. The molecule has 0 spiro atoms. The van der Waals surface area contributed by atoms with E-state index in [2.05, 4.69) is 15.0 Å². The fourth-order valence-corrected chi connectivity index (χ4v) is 3.24. The number of nitrogens with zero attached hydrogens (tertiary/aromatic N) is 4. The molecule has 29 heavy (non-hydrogen) atoms. The van der Waals surface area contributed by atoms with Gasteiger partial charge in [0.25, 0.3) is 0 Å². The maximum atomic E-state index is 12.8. The molecule has 0 bridgehead atoms. The number of hydrogen-bond acceptors (Lipinski definition) is 7. The van der Waals surface area contributed by atoms with Gasteiger partial charge in [-0.05, 0) is 24.1 Å². The topological polar surface area (TPSA) is 123 Å². The van der Waals surface area contributed by atoms with Crippen molar-refractivity contribution < 1.29 is 23.8 Å². The number of aliphatic imine (C=N–C) groups is 1. The summed E-state index contributed by atoms with van der Waals surface area (Å²) in [5, 5.41) is 3.78. The molecular formula is C19H21ClN4O5. The predicted molar refractivity (Wildman–Crippen MR) is 107 cm³/mol. The van der Waals surface area contributed by atoms with Crippen LogP contribution in [-0.4, -0.2) is 51.6 Å². The normalized spacial score (nSPS) is 18.2. The Morgan fingerprint density at radius 2 is 2.10 bits per heavy atom. The Hall–Kier alpha value is -2.87. The van der Waals surface area contributed by atoms with Crippen LogP contribution in [0.5, 0.6) is 0 Å². The van der Waals surface area contributed by atoms with Crippen molar-refractivity contribution >= 4 is 29.8 Å². The van der Waals surface area contributed by atoms with Crippen LogP contribution in [0.1, 0.15) is 18.4 Å². The highest BCUT2D eigenvalue weighted by Crippen LogP contribution is 2.40. The van der Waals surface area contributed by atoms with Crippen LogP contribution in [0.15, 0.2) is 45.6 Å². The molecule has 1 aromatic carbocycles. The van der Waals surface area contributed by atoms with Crippen LogP contribution in [0.2, 0.25) is 5.02 Å². The third-order valence-electron chi connectivity index (χ3n) is 4.22. The minimum Gasteiger partial charge on any atom is -0.468 e. The molecule has 0 N–H and O–H groups in total. The lowest BCUT2D eigenvalue weighted by molar-refractivity contribution is -0.143. The highest BCUT2D eigenvalue weighted by Gasteiger charge is 2.40. The number of methoxy groups -OCH3 is 1. The molecule has 9 nitrogen and oxygen atoms in total. The molecule has 2 rings (SSSR count). The van der Waals surface area contributed by atoms with Gasteiger partial charge in [-0.15, -0.1) is 0 Å². The van der Waals surface area contributed by atoms with Crippen LogP contribution in [0, 0.1) is 5.92 Å². The largest absolute Gasteiger partial charge is 0.468 e. The molecule has 154 valence electrons. The summed E-state index contributed by atoms with van der Waals surface area (Å²) < 4.78 is 15.6. The van der Waals surface area contributed by atoms with E-state index >= 15 is 0 Å². The molecule has 2 atom stereocenters. The third-order valence-corrected chi connectivity index (χ3v) is 4.56. The lowest BCUT2D eigenvalue weighted by Gasteiger charge is -2.29. The Labute approximate surface area is 172 Å². The molecule has 0 aromatic heterocycles. The number of azide groups is 1. The van der Waals surface area contributed by atoms with Crippen molar-refractivity contribution in [2.24, 2.45) is 16.0 Å². The monoisotopic (exact) mass is 420 g/mol. The average Bonchev–Trinajstić information content (AvgIpc) is 2.73. The Morgan fingerprint density at radius 1 is 1.34 bits per heavy atom. The summed E-state index contributed by atoms with van der Waals surface area (Å²) in [6, 6.07) is 6.93. The molecule has 1 heterocycles. The first-order chi connectivity index (χ1) is 14.0. The van der Waals surface area contributed by atoms with E-state index in [1.807, 2.05) is 0 Å². The summed E-state index contributed by atoms with van der Waals surface area (Å²) in [4.78, 5) is 32.2. The molecule has 1 unspecified atom stereocenters. The number of esters is 2. The first-order valence-corrected chi connectivity index (χ1v) is 9.28. The molecule has 1 aliphatic rings. The molecule has 1 aliphatic heterocycles. The van der Waals surface area contributed by atoms with Crippen LogP contribution in [0.25, 0.3) is 10.4 Å². The molecule has 0 radical (unpaired) electrons. The van der Waals surface area contributed by atoms with Gasteiger partial charge in [-0.25, -0.2) is 4.79 Å². The van der Waals surface area contributed by atoms with E-state index in [0.717, 1.165) is 0 Å². The van der Waals surface area contributed by atoms with E-state index in [4.69, 9.17) is 31.3 Å². The Bertz CT molecular complexity index is 864. The zero-order valence-corrected chi connectivity index (χ0v) is 16.8. The van der Waals surface area contributed by atoms with E-state index in [9.17, 15) is 9.59 Å². The van der Waals surface area contributed by atoms with E-state index in [1.54, 1.807) is 31.2 Å². The van der Waals surface area contributed by atoms with Crippen LogP contribution in [-0.2, 0) is 23.8 Å². The second-order valence-corrected chi connectivity index (χ2v) is 6.32. The summed E-state index contributed by atoms with van der Waals surface area (Å²) >= 11 is 6.38. The minimum absolute atomic E-state index is 0.0273. The van der Waals surface area contributed by atoms with Crippen molar-refractivity contribution in [2.45, 2.75) is 12.8 Å². The molecular weight excluding hydrogens is 400 g/mol. The molecule has 0 aliphatic carbocycles. The quantitative estimate of drug-likeness (QED) is 0.199. The van der Waals surface area contributed by atoms with Crippen molar-refractivity contribution in [1.29, 1.82) is 0 Å². The number of hydrogen-bond donors (Lipinski definition) is 0. The fourth-order valence-electron chi connectivity index (χ4n) is 2.98. The number of rotatable bonds is 9. The molecule has 0 fully saturated rings. The van der Waals surface area contributed by atoms with E-state index < -0.39 is 23.8 Å². The van der Waals surface area contributed by atoms with E-state index in [1.165, 1.54) is 13.3 Å². The van der Waals surface area contributed by atoms with Gasteiger partial charge in [0, 0.05) is 28.6 Å². The summed E-state index contributed by atoms with van der Waals surface area (Å²) in [5.41, 5.74) is 9.40. The van der Waals surface area contributed by atoms with Crippen LogP contribution in [0.3, 0.4) is 0 Å². The second-order valence-electron chi connectivity index (χ2n) is 5.91. The minimum atomic E-state index is -0.855. The van der Waals surface area contributed by atoms with Gasteiger partial charge in [0.15, 0.2) is 0 Å². The molecule has 0 saturated heterocycles. The van der Waals surface area contributed by atoms with Gasteiger partial charge in [0.1, 0.15) is 5.92 Å². The Kier molecular flexibility index (Phi) is 8.67. The van der Waals surface area contributed by atoms with Gasteiger partial charge in [0.2, 0.25) is 0 Å².